The number of benzene rings is 1. The number of anilines is 1. The number of non-ortho nitro benzene ring substituents is 1. The molecule has 0 saturated heterocycles. The van der Waals surface area contributed by atoms with Crippen LogP contribution in [0.25, 0.3) is 0 Å². The van der Waals surface area contributed by atoms with Crippen molar-refractivity contribution in [1.82, 2.24) is 4.98 Å². The Kier molecular flexibility index (Phi) is 4.18. The summed E-state index contributed by atoms with van der Waals surface area (Å²) in [6, 6.07) is 7.21. The normalized spacial score (nSPS) is 10.2. The Hall–Kier alpha value is -2.47. The van der Waals surface area contributed by atoms with Crippen molar-refractivity contribution in [2.24, 2.45) is 0 Å². The largest absolute Gasteiger partial charge is 0.320 e. The lowest BCUT2D eigenvalue weighted by Crippen LogP contribution is -2.14. The molecule has 0 aliphatic carbocycles. The predicted octanol–water partition coefficient (Wildman–Crippen LogP) is 3.51. The van der Waals surface area contributed by atoms with Crippen LogP contribution >= 0.6 is 11.6 Å². The average Bonchev–Trinajstić information content (AvgIpc) is 2.42. The number of carbonyl (C=O) groups excluding carboxylic acids is 1. The Balaban J connectivity index is 2.32. The summed E-state index contributed by atoms with van der Waals surface area (Å²) >= 11 is 5.93. The molecule has 7 heteroatoms. The molecule has 1 amide bonds. The first-order valence-electron chi connectivity index (χ1n) is 6.08. The number of nitrogens with one attached hydrogen (secondary N) is 1. The molecule has 0 bridgehead atoms. The fourth-order valence-corrected chi connectivity index (χ4v) is 2.01. The molecule has 1 aromatic heterocycles. The third-order valence-electron chi connectivity index (χ3n) is 2.88. The lowest BCUT2D eigenvalue weighted by Gasteiger charge is -2.09. The van der Waals surface area contributed by atoms with Crippen molar-refractivity contribution in [3.63, 3.8) is 0 Å². The van der Waals surface area contributed by atoms with Crippen LogP contribution in [0.1, 0.15) is 21.7 Å². The minimum absolute atomic E-state index is 0.0471. The van der Waals surface area contributed by atoms with E-state index in [9.17, 15) is 14.9 Å². The van der Waals surface area contributed by atoms with Crippen LogP contribution in [0.2, 0.25) is 5.02 Å². The number of nitro groups is 1. The summed E-state index contributed by atoms with van der Waals surface area (Å²) in [7, 11) is 0. The van der Waals surface area contributed by atoms with Gasteiger partial charge >= 0.3 is 0 Å². The number of aryl methyl sites for hydroxylation is 2. The molecule has 2 rings (SSSR count). The minimum atomic E-state index is -0.578. The maximum absolute atomic E-state index is 12.2. The molecular formula is C14H12ClN3O3. The number of nitro benzene ring substituents is 1. The summed E-state index contributed by atoms with van der Waals surface area (Å²) in [5.74, 6) is -0.516. The van der Waals surface area contributed by atoms with E-state index in [2.05, 4.69) is 10.3 Å². The van der Waals surface area contributed by atoms with Gasteiger partial charge in [-0.2, -0.15) is 0 Å². The lowest BCUT2D eigenvalue weighted by molar-refractivity contribution is -0.384. The second-order valence-corrected chi connectivity index (χ2v) is 4.87. The van der Waals surface area contributed by atoms with Crippen molar-refractivity contribution < 1.29 is 9.72 Å². The third-order valence-corrected chi connectivity index (χ3v) is 3.21. The molecule has 1 heterocycles. The minimum Gasteiger partial charge on any atom is -0.320 e. The van der Waals surface area contributed by atoms with E-state index in [0.717, 1.165) is 11.8 Å². The number of rotatable bonds is 3. The van der Waals surface area contributed by atoms with Gasteiger partial charge in [0.1, 0.15) is 0 Å². The number of amides is 1. The molecule has 108 valence electrons. The first-order valence-corrected chi connectivity index (χ1v) is 6.46. The number of pyridine rings is 1. The smallest absolute Gasteiger partial charge is 0.270 e. The number of hydrogen-bond donors (Lipinski definition) is 1. The molecule has 0 fully saturated rings. The lowest BCUT2D eigenvalue weighted by atomic mass is 10.1. The van der Waals surface area contributed by atoms with Crippen molar-refractivity contribution in [2.45, 2.75) is 13.8 Å². The van der Waals surface area contributed by atoms with Gasteiger partial charge in [0.25, 0.3) is 11.6 Å². The topological polar surface area (TPSA) is 85.1 Å². The van der Waals surface area contributed by atoms with E-state index >= 15 is 0 Å². The zero-order valence-electron chi connectivity index (χ0n) is 11.4. The molecule has 0 saturated carbocycles. The first-order chi connectivity index (χ1) is 9.88. The maximum atomic E-state index is 12.2. The van der Waals surface area contributed by atoms with Crippen LogP contribution < -0.4 is 5.32 Å². The van der Waals surface area contributed by atoms with Gasteiger partial charge in [0.05, 0.1) is 26.9 Å². The summed E-state index contributed by atoms with van der Waals surface area (Å²) < 4.78 is 0. The summed E-state index contributed by atoms with van der Waals surface area (Å²) in [4.78, 5) is 26.6. The Labute approximate surface area is 125 Å². The Morgan fingerprint density at radius 2 is 2.00 bits per heavy atom. The quantitative estimate of drug-likeness (QED) is 0.694. The fourth-order valence-electron chi connectivity index (χ4n) is 1.81. The van der Waals surface area contributed by atoms with Crippen molar-refractivity contribution in [3.05, 3.63) is 62.4 Å². The van der Waals surface area contributed by atoms with Crippen molar-refractivity contribution in [2.75, 3.05) is 5.32 Å². The zero-order valence-corrected chi connectivity index (χ0v) is 12.1. The highest BCUT2D eigenvalue weighted by Crippen LogP contribution is 2.23. The van der Waals surface area contributed by atoms with Crippen LogP contribution in [0.15, 0.2) is 30.3 Å². The van der Waals surface area contributed by atoms with E-state index in [1.165, 1.54) is 12.1 Å². The molecule has 6 nitrogen and oxygen atoms in total. The van der Waals surface area contributed by atoms with Crippen molar-refractivity contribution >= 4 is 28.9 Å². The van der Waals surface area contributed by atoms with Gasteiger partial charge in [0, 0.05) is 17.8 Å². The van der Waals surface area contributed by atoms with E-state index in [-0.39, 0.29) is 16.3 Å². The molecule has 0 aliphatic rings. The number of hydrogen-bond acceptors (Lipinski definition) is 4. The second-order valence-electron chi connectivity index (χ2n) is 4.46. The predicted molar refractivity (Wildman–Crippen MR) is 79.8 cm³/mol. The average molecular weight is 306 g/mol. The summed E-state index contributed by atoms with van der Waals surface area (Å²) in [6.07, 6.45) is 0. The second kappa shape index (κ2) is 5.88. The first kappa shape index (κ1) is 14.9. The Morgan fingerprint density at radius 3 is 2.62 bits per heavy atom. The summed E-state index contributed by atoms with van der Waals surface area (Å²) in [6.45, 7) is 3.60. The third kappa shape index (κ3) is 3.35. The molecule has 0 spiro atoms. The van der Waals surface area contributed by atoms with Gasteiger partial charge < -0.3 is 5.32 Å². The standard InChI is InChI=1S/C14H12ClN3O3/c1-8-3-6-13(9(2)16-8)17-14(19)11-7-10(18(20)21)4-5-12(11)15/h3-7H,1-2H3,(H,17,19). The molecule has 0 unspecified atom stereocenters. The van der Waals surface area contributed by atoms with E-state index in [4.69, 9.17) is 11.6 Å². The van der Waals surface area contributed by atoms with Gasteiger partial charge in [-0.15, -0.1) is 0 Å². The maximum Gasteiger partial charge on any atom is 0.270 e. The van der Waals surface area contributed by atoms with Crippen LogP contribution in [0, 0.1) is 24.0 Å². The summed E-state index contributed by atoms with van der Waals surface area (Å²) in [5.41, 5.74) is 1.88. The van der Waals surface area contributed by atoms with E-state index in [1.807, 2.05) is 6.92 Å². The van der Waals surface area contributed by atoms with Crippen molar-refractivity contribution in [3.8, 4) is 0 Å². The highest BCUT2D eigenvalue weighted by Gasteiger charge is 2.16. The SMILES string of the molecule is Cc1ccc(NC(=O)c2cc([N+](=O)[O-])ccc2Cl)c(C)n1. The molecule has 21 heavy (non-hydrogen) atoms. The van der Waals surface area contributed by atoms with E-state index in [1.54, 1.807) is 19.1 Å². The van der Waals surface area contributed by atoms with Crippen LogP contribution in [0.3, 0.4) is 0 Å². The van der Waals surface area contributed by atoms with Crippen LogP contribution in [0.5, 0.6) is 0 Å². The number of nitrogens with zero attached hydrogens (tertiary/aromatic N) is 2. The van der Waals surface area contributed by atoms with Crippen LogP contribution in [-0.4, -0.2) is 15.8 Å². The summed E-state index contributed by atoms with van der Waals surface area (Å²) in [5, 5.41) is 13.6. The molecule has 0 aliphatic heterocycles. The number of halogens is 1. The van der Waals surface area contributed by atoms with Crippen LogP contribution in [-0.2, 0) is 0 Å². The van der Waals surface area contributed by atoms with Crippen molar-refractivity contribution in [1.29, 1.82) is 0 Å². The van der Waals surface area contributed by atoms with Crippen LogP contribution in [0.4, 0.5) is 11.4 Å². The van der Waals surface area contributed by atoms with E-state index in [0.29, 0.717) is 11.4 Å². The molecule has 1 aromatic carbocycles. The van der Waals surface area contributed by atoms with Gasteiger partial charge in [-0.1, -0.05) is 11.6 Å². The molecule has 2 aromatic rings. The fraction of sp³-hybridized carbons (Fsp3) is 0.143. The van der Waals surface area contributed by atoms with Gasteiger partial charge in [0.15, 0.2) is 0 Å². The Bertz CT molecular complexity index is 731. The molecule has 1 N–H and O–H groups in total. The highest BCUT2D eigenvalue weighted by molar-refractivity contribution is 6.34. The van der Waals surface area contributed by atoms with Gasteiger partial charge in [-0.05, 0) is 32.0 Å². The van der Waals surface area contributed by atoms with Gasteiger partial charge in [0.2, 0.25) is 0 Å². The molecular weight excluding hydrogens is 294 g/mol. The highest BCUT2D eigenvalue weighted by atomic mass is 35.5. The molecule has 0 radical (unpaired) electrons. The Morgan fingerprint density at radius 1 is 1.29 bits per heavy atom. The monoisotopic (exact) mass is 305 g/mol. The zero-order chi connectivity index (χ0) is 15.6. The number of carbonyl (C=O) groups is 1. The van der Waals surface area contributed by atoms with Gasteiger partial charge in [-0.3, -0.25) is 19.9 Å². The molecule has 0 atom stereocenters. The van der Waals surface area contributed by atoms with Gasteiger partial charge in [-0.25, -0.2) is 0 Å². The van der Waals surface area contributed by atoms with E-state index < -0.39 is 10.8 Å². The number of aromatic nitrogens is 1.